The predicted octanol–water partition coefficient (Wildman–Crippen LogP) is -0.773. The average Bonchev–Trinajstić information content (AvgIpc) is 2.11. The molecule has 0 aromatic rings. The second-order valence-corrected chi connectivity index (χ2v) is 3.36. The summed E-state index contributed by atoms with van der Waals surface area (Å²) in [5.41, 5.74) is 10.6. The number of rotatable bonds is 6. The zero-order valence-corrected chi connectivity index (χ0v) is 8.01. The second kappa shape index (κ2) is 5.56. The minimum absolute atomic E-state index is 0.234. The molecule has 0 aliphatic rings. The van der Waals surface area contributed by atoms with Crippen LogP contribution in [-0.4, -0.2) is 34.2 Å². The maximum Gasteiger partial charge on any atom is 0.320 e. The minimum Gasteiger partial charge on any atom is -0.480 e. The number of hydrogen-bond acceptors (Lipinski definition) is 4. The zero-order chi connectivity index (χ0) is 11.3. The first-order valence-electron chi connectivity index (χ1n) is 4.33. The summed E-state index contributed by atoms with van der Waals surface area (Å²) < 4.78 is 0. The molecular weight excluding hydrogens is 188 g/mol. The van der Waals surface area contributed by atoms with E-state index in [1.165, 1.54) is 0 Å². The summed E-state index contributed by atoms with van der Waals surface area (Å²) in [4.78, 5) is 20.8. The van der Waals surface area contributed by atoms with Gasteiger partial charge in [-0.1, -0.05) is 6.92 Å². The highest BCUT2D eigenvalue weighted by Crippen LogP contribution is 2.10. The van der Waals surface area contributed by atoms with E-state index in [2.05, 4.69) is 0 Å². The molecule has 0 bridgehead atoms. The van der Waals surface area contributed by atoms with E-state index in [1.54, 1.807) is 6.92 Å². The van der Waals surface area contributed by atoms with Gasteiger partial charge in [0, 0.05) is 0 Å². The molecule has 0 aliphatic heterocycles. The Morgan fingerprint density at radius 2 is 1.64 bits per heavy atom. The highest BCUT2D eigenvalue weighted by atomic mass is 16.4. The molecule has 0 spiro atoms. The van der Waals surface area contributed by atoms with E-state index < -0.39 is 24.0 Å². The molecule has 0 aromatic carbocycles. The third-order valence-corrected chi connectivity index (χ3v) is 2.15. The fourth-order valence-electron chi connectivity index (χ4n) is 0.989. The molecule has 3 atom stereocenters. The Morgan fingerprint density at radius 1 is 1.14 bits per heavy atom. The third-order valence-electron chi connectivity index (χ3n) is 2.15. The van der Waals surface area contributed by atoms with Crippen LogP contribution in [0.15, 0.2) is 0 Å². The quantitative estimate of drug-likeness (QED) is 0.450. The summed E-state index contributed by atoms with van der Waals surface area (Å²) in [6, 6.07) is -1.91. The Balaban J connectivity index is 3.90. The molecule has 0 saturated carbocycles. The summed E-state index contributed by atoms with van der Waals surface area (Å²) in [7, 11) is 0. The van der Waals surface area contributed by atoms with Crippen molar-refractivity contribution in [3.8, 4) is 0 Å². The first kappa shape index (κ1) is 12.9. The molecule has 0 heterocycles. The average molecular weight is 204 g/mol. The van der Waals surface area contributed by atoms with Crippen molar-refractivity contribution < 1.29 is 19.8 Å². The maximum atomic E-state index is 10.4. The lowest BCUT2D eigenvalue weighted by Crippen LogP contribution is -2.38. The second-order valence-electron chi connectivity index (χ2n) is 3.36. The van der Waals surface area contributed by atoms with Crippen molar-refractivity contribution >= 4 is 11.9 Å². The van der Waals surface area contributed by atoms with E-state index in [0.29, 0.717) is 6.42 Å². The SMILES string of the molecule is CC(CCC(N)C(=O)O)C(N)C(=O)O. The van der Waals surface area contributed by atoms with Crippen LogP contribution in [0.3, 0.4) is 0 Å². The van der Waals surface area contributed by atoms with Gasteiger partial charge in [0.1, 0.15) is 12.1 Å². The monoisotopic (exact) mass is 204 g/mol. The van der Waals surface area contributed by atoms with Crippen LogP contribution in [0.4, 0.5) is 0 Å². The van der Waals surface area contributed by atoms with Gasteiger partial charge < -0.3 is 21.7 Å². The molecule has 3 unspecified atom stereocenters. The lowest BCUT2D eigenvalue weighted by molar-refractivity contribution is -0.139. The van der Waals surface area contributed by atoms with Crippen LogP contribution in [0.25, 0.3) is 0 Å². The van der Waals surface area contributed by atoms with Gasteiger partial charge in [-0.05, 0) is 18.8 Å². The molecule has 0 radical (unpaired) electrons. The van der Waals surface area contributed by atoms with Crippen LogP contribution in [0.2, 0.25) is 0 Å². The van der Waals surface area contributed by atoms with Gasteiger partial charge in [0.05, 0.1) is 0 Å². The minimum atomic E-state index is -1.08. The smallest absolute Gasteiger partial charge is 0.320 e. The highest BCUT2D eigenvalue weighted by Gasteiger charge is 2.21. The number of nitrogens with two attached hydrogens (primary N) is 2. The zero-order valence-electron chi connectivity index (χ0n) is 8.01. The van der Waals surface area contributed by atoms with Gasteiger partial charge in [-0.2, -0.15) is 0 Å². The molecule has 6 N–H and O–H groups in total. The van der Waals surface area contributed by atoms with Gasteiger partial charge in [0.15, 0.2) is 0 Å². The number of carboxylic acids is 2. The van der Waals surface area contributed by atoms with Crippen LogP contribution in [0.5, 0.6) is 0 Å². The van der Waals surface area contributed by atoms with E-state index in [-0.39, 0.29) is 12.3 Å². The lowest BCUT2D eigenvalue weighted by Gasteiger charge is -2.16. The summed E-state index contributed by atoms with van der Waals surface area (Å²) in [5.74, 6) is -2.44. The Labute approximate surface area is 81.9 Å². The molecule has 0 fully saturated rings. The number of hydrogen-bond donors (Lipinski definition) is 4. The van der Waals surface area contributed by atoms with Gasteiger partial charge in [0.25, 0.3) is 0 Å². The number of aliphatic carboxylic acids is 2. The van der Waals surface area contributed by atoms with Gasteiger partial charge in [-0.25, -0.2) is 0 Å². The Hall–Kier alpha value is -1.14. The van der Waals surface area contributed by atoms with Crippen LogP contribution >= 0.6 is 0 Å². The summed E-state index contributed by atoms with van der Waals surface area (Å²) in [6.45, 7) is 1.66. The fraction of sp³-hybridized carbons (Fsp3) is 0.750. The molecule has 0 aliphatic carbocycles. The van der Waals surface area contributed by atoms with Crippen molar-refractivity contribution in [2.24, 2.45) is 17.4 Å². The number of carbonyl (C=O) groups is 2. The van der Waals surface area contributed by atoms with Gasteiger partial charge in [-0.3, -0.25) is 9.59 Å². The fourth-order valence-corrected chi connectivity index (χ4v) is 0.989. The molecular formula is C8H16N2O4. The summed E-state index contributed by atoms with van der Waals surface area (Å²) in [6.07, 6.45) is 0.623. The highest BCUT2D eigenvalue weighted by molar-refractivity contribution is 5.74. The van der Waals surface area contributed by atoms with E-state index in [9.17, 15) is 9.59 Å². The molecule has 14 heavy (non-hydrogen) atoms. The molecule has 0 amide bonds. The topological polar surface area (TPSA) is 127 Å². The van der Waals surface area contributed by atoms with Gasteiger partial charge in [0.2, 0.25) is 0 Å². The van der Waals surface area contributed by atoms with Crippen LogP contribution in [0, 0.1) is 5.92 Å². The van der Waals surface area contributed by atoms with E-state index in [1.807, 2.05) is 0 Å². The molecule has 0 rings (SSSR count). The van der Waals surface area contributed by atoms with Gasteiger partial charge in [-0.15, -0.1) is 0 Å². The van der Waals surface area contributed by atoms with E-state index in [4.69, 9.17) is 21.7 Å². The van der Waals surface area contributed by atoms with E-state index >= 15 is 0 Å². The van der Waals surface area contributed by atoms with Crippen molar-refractivity contribution in [1.29, 1.82) is 0 Å². The third kappa shape index (κ3) is 4.20. The summed E-state index contributed by atoms with van der Waals surface area (Å²) >= 11 is 0. The van der Waals surface area contributed by atoms with Crippen molar-refractivity contribution in [3.05, 3.63) is 0 Å². The Morgan fingerprint density at radius 3 is 2.00 bits per heavy atom. The van der Waals surface area contributed by atoms with Crippen LogP contribution in [0.1, 0.15) is 19.8 Å². The molecule has 82 valence electrons. The standard InChI is InChI=1S/C8H16N2O4/c1-4(6(10)8(13)14)2-3-5(9)7(11)12/h4-6H,2-3,9-10H2,1H3,(H,11,12)(H,13,14). The van der Waals surface area contributed by atoms with Gasteiger partial charge >= 0.3 is 11.9 Å². The molecule has 0 aromatic heterocycles. The van der Waals surface area contributed by atoms with E-state index in [0.717, 1.165) is 0 Å². The summed E-state index contributed by atoms with van der Waals surface area (Å²) in [5, 5.41) is 17.0. The van der Waals surface area contributed by atoms with Crippen LogP contribution in [-0.2, 0) is 9.59 Å². The first-order chi connectivity index (χ1) is 6.36. The Kier molecular flexibility index (Phi) is 5.11. The van der Waals surface area contributed by atoms with Crippen molar-refractivity contribution in [1.82, 2.24) is 0 Å². The van der Waals surface area contributed by atoms with Crippen LogP contribution < -0.4 is 11.5 Å². The van der Waals surface area contributed by atoms with Crippen molar-refractivity contribution in [2.45, 2.75) is 31.8 Å². The lowest BCUT2D eigenvalue weighted by atomic mass is 9.95. The predicted molar refractivity (Wildman–Crippen MR) is 49.6 cm³/mol. The number of carboxylic acid groups (broad SMARTS) is 2. The molecule has 6 nitrogen and oxygen atoms in total. The normalized spacial score (nSPS) is 17.1. The maximum absolute atomic E-state index is 10.4. The molecule has 6 heteroatoms. The largest absolute Gasteiger partial charge is 0.480 e. The van der Waals surface area contributed by atoms with Crippen molar-refractivity contribution in [2.75, 3.05) is 0 Å². The Bertz CT molecular complexity index is 219. The molecule has 0 saturated heterocycles. The van der Waals surface area contributed by atoms with Crippen molar-refractivity contribution in [3.63, 3.8) is 0 Å². The first-order valence-corrected chi connectivity index (χ1v) is 4.33.